The second-order valence-corrected chi connectivity index (χ2v) is 11.8. The molecule has 1 heterocycles. The van der Waals surface area contributed by atoms with Crippen LogP contribution in [0.15, 0.2) is 59.5 Å². The van der Waals surface area contributed by atoms with Crippen molar-refractivity contribution >= 4 is 37.3 Å². The van der Waals surface area contributed by atoms with E-state index in [2.05, 4.69) is 4.90 Å². The first-order chi connectivity index (χ1) is 15.0. The molecule has 1 aliphatic heterocycles. The number of carbonyl (C=O) groups is 1. The average Bonchev–Trinajstić information content (AvgIpc) is 2.77. The Morgan fingerprint density at radius 3 is 1.94 bits per heavy atom. The van der Waals surface area contributed by atoms with Gasteiger partial charge in [0.2, 0.25) is 26.0 Å². The lowest BCUT2D eigenvalue weighted by Gasteiger charge is -2.37. The standard InChI is InChI=1S/C21H28N4O5S2/c1-22(2)32(29,30)20-11-9-19(10-12-20)25(31(3,27)28)17-21(26)24-15-13-23(14-16-24)18-7-5-4-6-8-18/h4-12H,13-17H2,1-3H3. The van der Waals surface area contributed by atoms with E-state index in [0.717, 1.165) is 20.6 Å². The van der Waals surface area contributed by atoms with Gasteiger partial charge < -0.3 is 9.80 Å². The van der Waals surface area contributed by atoms with Crippen molar-refractivity contribution in [2.75, 3.05) is 62.3 Å². The van der Waals surface area contributed by atoms with Gasteiger partial charge in [-0.25, -0.2) is 21.1 Å². The monoisotopic (exact) mass is 480 g/mol. The number of benzene rings is 2. The van der Waals surface area contributed by atoms with E-state index in [-0.39, 0.29) is 23.0 Å². The maximum absolute atomic E-state index is 12.9. The fraction of sp³-hybridized carbons (Fsp3) is 0.381. The van der Waals surface area contributed by atoms with Crippen molar-refractivity contribution in [1.82, 2.24) is 9.21 Å². The summed E-state index contributed by atoms with van der Waals surface area (Å²) < 4.78 is 51.4. The molecule has 0 atom stereocenters. The van der Waals surface area contributed by atoms with Crippen molar-refractivity contribution in [3.63, 3.8) is 0 Å². The zero-order valence-corrected chi connectivity index (χ0v) is 20.0. The Labute approximate surface area is 189 Å². The normalized spacial score (nSPS) is 15.1. The second-order valence-electron chi connectivity index (χ2n) is 7.75. The molecule has 0 radical (unpaired) electrons. The van der Waals surface area contributed by atoms with Crippen LogP contribution in [0.25, 0.3) is 0 Å². The van der Waals surface area contributed by atoms with Gasteiger partial charge in [0.25, 0.3) is 0 Å². The smallest absolute Gasteiger partial charge is 0.243 e. The lowest BCUT2D eigenvalue weighted by atomic mass is 10.2. The number of rotatable bonds is 7. The molecule has 0 saturated carbocycles. The van der Waals surface area contributed by atoms with E-state index in [0.29, 0.717) is 26.2 Å². The number of piperazine rings is 1. The fourth-order valence-corrected chi connectivity index (χ4v) is 5.22. The Hall–Kier alpha value is -2.63. The van der Waals surface area contributed by atoms with Gasteiger partial charge in [0.1, 0.15) is 6.54 Å². The van der Waals surface area contributed by atoms with Crippen molar-refractivity contribution in [2.24, 2.45) is 0 Å². The van der Waals surface area contributed by atoms with E-state index >= 15 is 0 Å². The zero-order chi connectivity index (χ0) is 23.5. The second kappa shape index (κ2) is 9.47. The predicted octanol–water partition coefficient (Wildman–Crippen LogP) is 1.05. The lowest BCUT2D eigenvalue weighted by Crippen LogP contribution is -2.52. The Morgan fingerprint density at radius 2 is 1.44 bits per heavy atom. The fourth-order valence-electron chi connectivity index (χ4n) is 3.47. The molecule has 0 aliphatic carbocycles. The first-order valence-corrected chi connectivity index (χ1v) is 13.4. The van der Waals surface area contributed by atoms with Crippen LogP contribution in [-0.4, -0.2) is 85.0 Å². The summed E-state index contributed by atoms with van der Waals surface area (Å²) >= 11 is 0. The Balaban J connectivity index is 1.71. The molecule has 0 N–H and O–H groups in total. The van der Waals surface area contributed by atoms with Crippen molar-refractivity contribution in [2.45, 2.75) is 4.90 Å². The number of nitrogens with zero attached hydrogens (tertiary/aromatic N) is 4. The molecule has 3 rings (SSSR count). The minimum absolute atomic E-state index is 0.0445. The highest BCUT2D eigenvalue weighted by atomic mass is 32.2. The number of carbonyl (C=O) groups excluding carboxylic acids is 1. The van der Waals surface area contributed by atoms with Gasteiger partial charge in [-0.15, -0.1) is 0 Å². The number of anilines is 2. The lowest BCUT2D eigenvalue weighted by molar-refractivity contribution is -0.129. The zero-order valence-electron chi connectivity index (χ0n) is 18.4. The minimum atomic E-state index is -3.75. The maximum atomic E-state index is 12.9. The van der Waals surface area contributed by atoms with Crippen molar-refractivity contribution in [3.05, 3.63) is 54.6 Å². The highest BCUT2D eigenvalue weighted by Gasteiger charge is 2.27. The van der Waals surface area contributed by atoms with Gasteiger partial charge in [0, 0.05) is 46.0 Å². The third kappa shape index (κ3) is 5.40. The highest BCUT2D eigenvalue weighted by molar-refractivity contribution is 7.92. The van der Waals surface area contributed by atoms with Crippen LogP contribution in [0.4, 0.5) is 11.4 Å². The van der Waals surface area contributed by atoms with Crippen molar-refractivity contribution in [3.8, 4) is 0 Å². The Kier molecular flexibility index (Phi) is 7.11. The maximum Gasteiger partial charge on any atom is 0.243 e. The molecule has 11 heteroatoms. The van der Waals surface area contributed by atoms with Crippen molar-refractivity contribution < 1.29 is 21.6 Å². The van der Waals surface area contributed by atoms with Gasteiger partial charge in [-0.2, -0.15) is 0 Å². The predicted molar refractivity (Wildman–Crippen MR) is 125 cm³/mol. The van der Waals surface area contributed by atoms with Crippen LogP contribution in [0.5, 0.6) is 0 Å². The van der Waals surface area contributed by atoms with E-state index in [1.807, 2.05) is 30.3 Å². The molecule has 2 aromatic rings. The van der Waals surface area contributed by atoms with Gasteiger partial charge >= 0.3 is 0 Å². The molecule has 0 unspecified atom stereocenters. The molecule has 0 bridgehead atoms. The number of para-hydroxylation sites is 1. The van der Waals surface area contributed by atoms with Crippen molar-refractivity contribution in [1.29, 1.82) is 0 Å². The molecule has 32 heavy (non-hydrogen) atoms. The largest absolute Gasteiger partial charge is 0.368 e. The molecule has 0 aromatic heterocycles. The molecule has 1 aliphatic rings. The van der Waals surface area contributed by atoms with Crippen LogP contribution in [0.3, 0.4) is 0 Å². The summed E-state index contributed by atoms with van der Waals surface area (Å²) in [6.45, 7) is 1.96. The third-order valence-corrected chi connectivity index (χ3v) is 8.31. The first-order valence-electron chi connectivity index (χ1n) is 10.1. The van der Waals surface area contributed by atoms with Crippen LogP contribution >= 0.6 is 0 Å². The number of amides is 1. The summed E-state index contributed by atoms with van der Waals surface area (Å²) in [5.74, 6) is -0.298. The SMILES string of the molecule is CN(C)S(=O)(=O)c1ccc(N(CC(=O)N2CCN(c3ccccc3)CC2)S(C)(=O)=O)cc1. The summed E-state index contributed by atoms with van der Waals surface area (Å²) in [6.07, 6.45) is 1.03. The van der Waals surface area contributed by atoms with Gasteiger partial charge in [-0.3, -0.25) is 9.10 Å². The molecule has 1 saturated heterocycles. The summed E-state index contributed by atoms with van der Waals surface area (Å²) in [6, 6.07) is 15.4. The molecular formula is C21H28N4O5S2. The van der Waals surface area contributed by atoms with E-state index < -0.39 is 20.0 Å². The molecule has 1 amide bonds. The van der Waals surface area contributed by atoms with Crippen LogP contribution < -0.4 is 9.21 Å². The van der Waals surface area contributed by atoms with Gasteiger partial charge in [0.15, 0.2) is 0 Å². The highest BCUT2D eigenvalue weighted by Crippen LogP contribution is 2.22. The quantitative estimate of drug-likeness (QED) is 0.588. The van der Waals surface area contributed by atoms with Gasteiger partial charge in [-0.1, -0.05) is 18.2 Å². The molecule has 174 valence electrons. The number of hydrogen-bond acceptors (Lipinski definition) is 6. The van der Waals surface area contributed by atoms with E-state index in [1.165, 1.54) is 38.4 Å². The van der Waals surface area contributed by atoms with E-state index in [4.69, 9.17) is 0 Å². The van der Waals surface area contributed by atoms with Gasteiger partial charge in [0.05, 0.1) is 16.8 Å². The molecule has 9 nitrogen and oxygen atoms in total. The topological polar surface area (TPSA) is 98.3 Å². The summed E-state index contributed by atoms with van der Waals surface area (Å²) in [4.78, 5) is 16.8. The van der Waals surface area contributed by atoms with Crippen LogP contribution in [0.2, 0.25) is 0 Å². The van der Waals surface area contributed by atoms with E-state index in [1.54, 1.807) is 4.90 Å². The summed E-state index contributed by atoms with van der Waals surface area (Å²) in [5.41, 5.74) is 1.33. The third-order valence-electron chi connectivity index (χ3n) is 5.34. The number of sulfonamides is 2. The van der Waals surface area contributed by atoms with Gasteiger partial charge in [-0.05, 0) is 36.4 Å². The van der Waals surface area contributed by atoms with Crippen LogP contribution in [0.1, 0.15) is 0 Å². The summed E-state index contributed by atoms with van der Waals surface area (Å²) in [5, 5.41) is 0. The summed E-state index contributed by atoms with van der Waals surface area (Å²) in [7, 11) is -4.55. The van der Waals surface area contributed by atoms with Crippen LogP contribution in [-0.2, 0) is 24.8 Å². The molecular weight excluding hydrogens is 452 g/mol. The Bertz CT molecular complexity index is 1140. The van der Waals surface area contributed by atoms with Crippen LogP contribution in [0, 0.1) is 0 Å². The average molecular weight is 481 g/mol. The Morgan fingerprint density at radius 1 is 0.875 bits per heavy atom. The minimum Gasteiger partial charge on any atom is -0.368 e. The molecule has 2 aromatic carbocycles. The first kappa shape index (κ1) is 24.0. The molecule has 0 spiro atoms. The number of hydrogen-bond donors (Lipinski definition) is 0. The molecule has 1 fully saturated rings. The van der Waals surface area contributed by atoms with E-state index in [9.17, 15) is 21.6 Å².